The van der Waals surface area contributed by atoms with Crippen LogP contribution in [-0.4, -0.2) is 55.5 Å². The number of pyridine rings is 2. The molecule has 3 aromatic heterocycles. The van der Waals surface area contributed by atoms with Gasteiger partial charge in [0.25, 0.3) is 5.91 Å². The Labute approximate surface area is 235 Å². The van der Waals surface area contributed by atoms with Gasteiger partial charge in [0.2, 0.25) is 5.95 Å². The summed E-state index contributed by atoms with van der Waals surface area (Å²) in [7, 11) is 1.97. The van der Waals surface area contributed by atoms with Crippen LogP contribution >= 0.6 is 0 Å². The number of likely N-dealkylation sites (tertiary alicyclic amines) is 1. The van der Waals surface area contributed by atoms with Crippen molar-refractivity contribution in [3.8, 4) is 22.6 Å². The van der Waals surface area contributed by atoms with Crippen LogP contribution in [0.1, 0.15) is 27.2 Å². The third kappa shape index (κ3) is 5.37. The van der Waals surface area contributed by atoms with Crippen LogP contribution in [-0.2, 0) is 7.05 Å². The van der Waals surface area contributed by atoms with Gasteiger partial charge >= 0.3 is 0 Å². The summed E-state index contributed by atoms with van der Waals surface area (Å²) in [5.41, 5.74) is 5.22. The molecular formula is C31H35N7O2. The van der Waals surface area contributed by atoms with Gasteiger partial charge < -0.3 is 19.9 Å². The standard InChI is InChI=1S/C31H31N7O2.2H2/c1-20(2)38-18-24(19-38)34-30(39)28-17-26(11-14-33-28)40-25-7-8-29-27(16-25)36-31(37(29)3)35-23-6-4-5-22(15-23)21-9-12-32-13-10-21;;/h4-17,20,24H,18-19H2,1-3H3,(H,34,39)(H,35,36);2*1H. The van der Waals surface area contributed by atoms with Crippen LogP contribution < -0.4 is 15.4 Å². The van der Waals surface area contributed by atoms with Gasteiger partial charge in [-0.2, -0.15) is 0 Å². The molecule has 1 fully saturated rings. The molecule has 0 unspecified atom stereocenters. The maximum atomic E-state index is 12.7. The zero-order valence-corrected chi connectivity index (χ0v) is 22.7. The van der Waals surface area contributed by atoms with Crippen molar-refractivity contribution in [3.63, 3.8) is 0 Å². The number of fused-ring (bicyclic) bond motifs is 1. The molecule has 1 saturated heterocycles. The summed E-state index contributed by atoms with van der Waals surface area (Å²) in [4.78, 5) is 28.2. The van der Waals surface area contributed by atoms with Crippen molar-refractivity contribution in [1.82, 2.24) is 29.7 Å². The van der Waals surface area contributed by atoms with E-state index in [1.54, 1.807) is 30.7 Å². The van der Waals surface area contributed by atoms with E-state index in [1.165, 1.54) is 0 Å². The van der Waals surface area contributed by atoms with Crippen LogP contribution in [0, 0.1) is 0 Å². The highest BCUT2D eigenvalue weighted by Crippen LogP contribution is 2.29. The molecule has 2 aromatic carbocycles. The van der Waals surface area contributed by atoms with Gasteiger partial charge in [0.1, 0.15) is 17.2 Å². The molecule has 0 spiro atoms. The average molecular weight is 538 g/mol. The first-order valence-corrected chi connectivity index (χ1v) is 13.4. The van der Waals surface area contributed by atoms with Crippen molar-refractivity contribution >= 4 is 28.6 Å². The van der Waals surface area contributed by atoms with Crippen molar-refractivity contribution in [1.29, 1.82) is 0 Å². The van der Waals surface area contributed by atoms with Crippen molar-refractivity contribution < 1.29 is 12.4 Å². The first kappa shape index (κ1) is 25.5. The number of carbonyl (C=O) groups is 1. The minimum atomic E-state index is -0.192. The first-order valence-electron chi connectivity index (χ1n) is 13.4. The molecule has 0 bridgehead atoms. The summed E-state index contributed by atoms with van der Waals surface area (Å²) < 4.78 is 8.11. The lowest BCUT2D eigenvalue weighted by atomic mass is 10.1. The summed E-state index contributed by atoms with van der Waals surface area (Å²) in [6.07, 6.45) is 5.17. The second-order valence-corrected chi connectivity index (χ2v) is 10.3. The first-order chi connectivity index (χ1) is 19.4. The Balaban J connectivity index is 0.00000202. The Kier molecular flexibility index (Phi) is 6.88. The number of ether oxygens (including phenoxy) is 1. The zero-order chi connectivity index (χ0) is 27.6. The number of aryl methyl sites for hydroxylation is 1. The summed E-state index contributed by atoms with van der Waals surface area (Å²) in [5.74, 6) is 1.69. The molecule has 0 saturated carbocycles. The van der Waals surface area contributed by atoms with E-state index < -0.39 is 0 Å². The molecule has 0 atom stereocenters. The summed E-state index contributed by atoms with van der Waals surface area (Å²) in [6, 6.07) is 22.0. The second kappa shape index (κ2) is 10.8. The van der Waals surface area contributed by atoms with Crippen molar-refractivity contribution in [3.05, 3.63) is 91.0 Å². The predicted molar refractivity (Wildman–Crippen MR) is 160 cm³/mol. The van der Waals surface area contributed by atoms with Gasteiger partial charge in [0, 0.05) is 65.4 Å². The lowest BCUT2D eigenvalue weighted by Gasteiger charge is -2.42. The van der Waals surface area contributed by atoms with Gasteiger partial charge in [-0.25, -0.2) is 4.98 Å². The third-order valence-corrected chi connectivity index (χ3v) is 7.16. The Morgan fingerprint density at radius 1 is 0.975 bits per heavy atom. The highest BCUT2D eigenvalue weighted by atomic mass is 16.5. The molecule has 40 heavy (non-hydrogen) atoms. The van der Waals surface area contributed by atoms with Gasteiger partial charge in [-0.05, 0) is 67.4 Å². The van der Waals surface area contributed by atoms with E-state index in [0.29, 0.717) is 29.2 Å². The summed E-state index contributed by atoms with van der Waals surface area (Å²) in [6.45, 7) is 6.03. The average Bonchev–Trinajstić information content (AvgIpc) is 3.24. The van der Waals surface area contributed by atoms with Crippen molar-refractivity contribution in [2.75, 3.05) is 18.4 Å². The molecule has 206 valence electrons. The van der Waals surface area contributed by atoms with Gasteiger partial charge in [-0.15, -0.1) is 0 Å². The highest BCUT2D eigenvalue weighted by molar-refractivity contribution is 5.93. The summed E-state index contributed by atoms with van der Waals surface area (Å²) >= 11 is 0. The fourth-order valence-electron chi connectivity index (χ4n) is 4.82. The number of benzene rings is 2. The molecule has 1 aliphatic rings. The molecule has 9 nitrogen and oxygen atoms in total. The Bertz CT molecular complexity index is 1670. The number of hydrogen-bond donors (Lipinski definition) is 2. The molecule has 1 aliphatic heterocycles. The maximum absolute atomic E-state index is 12.7. The lowest BCUT2D eigenvalue weighted by Crippen LogP contribution is -2.61. The molecule has 6 rings (SSSR count). The van der Waals surface area contributed by atoms with E-state index in [-0.39, 0.29) is 14.8 Å². The third-order valence-electron chi connectivity index (χ3n) is 7.16. The van der Waals surface area contributed by atoms with Crippen LogP contribution in [0.15, 0.2) is 85.3 Å². The largest absolute Gasteiger partial charge is 0.457 e. The van der Waals surface area contributed by atoms with E-state index in [0.717, 1.165) is 40.9 Å². The van der Waals surface area contributed by atoms with E-state index in [9.17, 15) is 4.79 Å². The van der Waals surface area contributed by atoms with Crippen molar-refractivity contribution in [2.45, 2.75) is 25.9 Å². The number of hydrogen-bond acceptors (Lipinski definition) is 7. The Morgan fingerprint density at radius 3 is 2.58 bits per heavy atom. The molecule has 5 aromatic rings. The Hall–Kier alpha value is -4.76. The molecule has 2 N–H and O–H groups in total. The molecular weight excluding hydrogens is 502 g/mol. The molecule has 0 aliphatic carbocycles. The van der Waals surface area contributed by atoms with Gasteiger partial charge in [0.05, 0.1) is 17.1 Å². The van der Waals surface area contributed by atoms with Gasteiger partial charge in [0.15, 0.2) is 0 Å². The summed E-state index contributed by atoms with van der Waals surface area (Å²) in [5, 5.41) is 6.49. The Morgan fingerprint density at radius 2 is 1.77 bits per heavy atom. The van der Waals surface area contributed by atoms with Crippen LogP contribution in [0.25, 0.3) is 22.2 Å². The number of aromatic nitrogens is 4. The highest BCUT2D eigenvalue weighted by Gasteiger charge is 2.30. The fraction of sp³-hybridized carbons (Fsp3) is 0.226. The number of amides is 1. The van der Waals surface area contributed by atoms with Crippen LogP contribution in [0.3, 0.4) is 0 Å². The molecule has 1 amide bonds. The monoisotopic (exact) mass is 537 g/mol. The molecule has 9 heteroatoms. The topological polar surface area (TPSA) is 97.2 Å². The van der Waals surface area contributed by atoms with Crippen LogP contribution in [0.4, 0.5) is 11.6 Å². The second-order valence-electron chi connectivity index (χ2n) is 10.3. The van der Waals surface area contributed by atoms with E-state index in [2.05, 4.69) is 51.5 Å². The van der Waals surface area contributed by atoms with Crippen LogP contribution in [0.2, 0.25) is 0 Å². The zero-order valence-electron chi connectivity index (χ0n) is 22.7. The van der Waals surface area contributed by atoms with E-state index in [4.69, 9.17) is 9.72 Å². The fourth-order valence-corrected chi connectivity index (χ4v) is 4.82. The number of imidazole rings is 1. The van der Waals surface area contributed by atoms with E-state index >= 15 is 0 Å². The minimum Gasteiger partial charge on any atom is -0.457 e. The van der Waals surface area contributed by atoms with Crippen molar-refractivity contribution in [2.24, 2.45) is 7.05 Å². The number of rotatable bonds is 8. The minimum absolute atomic E-state index is 0. The number of carbonyl (C=O) groups excluding carboxylic acids is 1. The predicted octanol–water partition coefficient (Wildman–Crippen LogP) is 5.88. The molecule has 4 heterocycles. The normalized spacial score (nSPS) is 13.8. The number of anilines is 2. The number of nitrogens with one attached hydrogen (secondary N) is 2. The smallest absolute Gasteiger partial charge is 0.270 e. The van der Waals surface area contributed by atoms with Crippen LogP contribution in [0.5, 0.6) is 11.5 Å². The quantitative estimate of drug-likeness (QED) is 0.255. The maximum Gasteiger partial charge on any atom is 0.270 e. The van der Waals surface area contributed by atoms with Gasteiger partial charge in [-0.1, -0.05) is 12.1 Å². The number of nitrogens with zero attached hydrogens (tertiary/aromatic N) is 5. The SMILES string of the molecule is CC(C)N1CC(NC(=O)c2cc(Oc3ccc4c(c3)nc(Nc3cccc(-c5ccncc5)c3)n4C)ccn2)C1.[HH].[HH]. The molecule has 0 radical (unpaired) electrons. The lowest BCUT2D eigenvalue weighted by molar-refractivity contribution is 0.0710. The van der Waals surface area contributed by atoms with E-state index in [1.807, 2.05) is 54.1 Å². The van der Waals surface area contributed by atoms with Gasteiger partial charge in [-0.3, -0.25) is 19.7 Å².